The third kappa shape index (κ3) is 3.34. The molecule has 0 amide bonds. The van der Waals surface area contributed by atoms with E-state index in [9.17, 15) is 0 Å². The van der Waals surface area contributed by atoms with Gasteiger partial charge >= 0.3 is 0 Å². The van der Waals surface area contributed by atoms with E-state index in [4.69, 9.17) is 10.5 Å². The first-order valence-corrected chi connectivity index (χ1v) is 7.04. The molecular weight excluding hydrogens is 266 g/mol. The van der Waals surface area contributed by atoms with Crippen LogP contribution in [0.1, 0.15) is 23.1 Å². The zero-order valence-electron chi connectivity index (χ0n) is 12.1. The van der Waals surface area contributed by atoms with Gasteiger partial charge < -0.3 is 10.5 Å². The summed E-state index contributed by atoms with van der Waals surface area (Å²) < 4.78 is 5.79. The Morgan fingerprint density at radius 3 is 2.90 bits per heavy atom. The summed E-state index contributed by atoms with van der Waals surface area (Å²) >= 11 is 0. The predicted molar refractivity (Wildman–Crippen MR) is 79.4 cm³/mol. The van der Waals surface area contributed by atoms with Gasteiger partial charge in [0.1, 0.15) is 17.6 Å². The zero-order valence-corrected chi connectivity index (χ0v) is 12.1. The number of morpholine rings is 1. The van der Waals surface area contributed by atoms with Crippen LogP contribution in [0.15, 0.2) is 30.7 Å². The van der Waals surface area contributed by atoms with Gasteiger partial charge in [-0.05, 0) is 18.6 Å². The van der Waals surface area contributed by atoms with Crippen LogP contribution >= 0.6 is 0 Å². The van der Waals surface area contributed by atoms with E-state index in [2.05, 4.69) is 25.9 Å². The van der Waals surface area contributed by atoms with Gasteiger partial charge in [0.15, 0.2) is 0 Å². The number of rotatable bonds is 3. The van der Waals surface area contributed by atoms with Crippen molar-refractivity contribution in [3.05, 3.63) is 47.7 Å². The van der Waals surface area contributed by atoms with Gasteiger partial charge in [0.25, 0.3) is 0 Å². The lowest BCUT2D eigenvalue weighted by Gasteiger charge is -2.32. The molecule has 1 atom stereocenters. The summed E-state index contributed by atoms with van der Waals surface area (Å²) in [5.74, 6) is 0.446. The van der Waals surface area contributed by atoms with Crippen molar-refractivity contribution in [3.63, 3.8) is 0 Å². The smallest absolute Gasteiger partial charge is 0.147 e. The van der Waals surface area contributed by atoms with E-state index < -0.39 is 0 Å². The molecule has 0 aliphatic carbocycles. The van der Waals surface area contributed by atoms with Gasteiger partial charge in [-0.15, -0.1) is 0 Å². The van der Waals surface area contributed by atoms with Crippen LogP contribution in [0.5, 0.6) is 0 Å². The number of ether oxygens (including phenoxy) is 1. The molecule has 0 spiro atoms. The Labute approximate surface area is 124 Å². The van der Waals surface area contributed by atoms with E-state index in [0.717, 1.165) is 31.0 Å². The van der Waals surface area contributed by atoms with Crippen LogP contribution in [0.2, 0.25) is 0 Å². The third-order valence-electron chi connectivity index (χ3n) is 3.59. The Kier molecular flexibility index (Phi) is 4.08. The number of anilines is 1. The number of hydrogen-bond donors (Lipinski definition) is 1. The molecule has 110 valence electrons. The topological polar surface area (TPSA) is 77.2 Å². The van der Waals surface area contributed by atoms with Crippen LogP contribution in [-0.2, 0) is 11.3 Å². The number of nitrogen functional groups attached to an aromatic ring is 1. The highest BCUT2D eigenvalue weighted by Crippen LogP contribution is 2.24. The number of hydrogen-bond acceptors (Lipinski definition) is 6. The van der Waals surface area contributed by atoms with Gasteiger partial charge in [-0.3, -0.25) is 14.9 Å². The number of pyridine rings is 1. The first-order valence-electron chi connectivity index (χ1n) is 7.04. The van der Waals surface area contributed by atoms with Crippen LogP contribution in [0.25, 0.3) is 0 Å². The van der Waals surface area contributed by atoms with Crippen LogP contribution in [-0.4, -0.2) is 39.5 Å². The molecule has 1 saturated heterocycles. The Hall–Kier alpha value is -2.05. The summed E-state index contributed by atoms with van der Waals surface area (Å²) in [6.45, 7) is 5.17. The molecule has 3 heterocycles. The lowest BCUT2D eigenvalue weighted by atomic mass is 10.1. The number of aryl methyl sites for hydroxylation is 1. The summed E-state index contributed by atoms with van der Waals surface area (Å²) in [6, 6.07) is 4.15. The van der Waals surface area contributed by atoms with Gasteiger partial charge in [0.2, 0.25) is 0 Å². The van der Waals surface area contributed by atoms with Crippen LogP contribution < -0.4 is 5.73 Å². The monoisotopic (exact) mass is 285 g/mol. The van der Waals surface area contributed by atoms with Gasteiger partial charge in [-0.2, -0.15) is 0 Å². The Morgan fingerprint density at radius 1 is 1.29 bits per heavy atom. The Bertz CT molecular complexity index is 601. The normalized spacial score (nSPS) is 19.6. The maximum Gasteiger partial charge on any atom is 0.147 e. The molecule has 1 aliphatic heterocycles. The molecule has 6 nitrogen and oxygen atoms in total. The molecule has 3 rings (SSSR count). The van der Waals surface area contributed by atoms with Gasteiger partial charge in [-0.1, -0.05) is 6.07 Å². The third-order valence-corrected chi connectivity index (χ3v) is 3.59. The average molecular weight is 285 g/mol. The summed E-state index contributed by atoms with van der Waals surface area (Å²) in [6.07, 6.45) is 5.05. The summed E-state index contributed by atoms with van der Waals surface area (Å²) in [5, 5.41) is 0. The molecule has 1 fully saturated rings. The molecule has 2 N–H and O–H groups in total. The molecule has 1 aliphatic rings. The summed E-state index contributed by atoms with van der Waals surface area (Å²) in [4.78, 5) is 15.0. The average Bonchev–Trinajstić information content (AvgIpc) is 2.50. The van der Waals surface area contributed by atoms with Gasteiger partial charge in [0, 0.05) is 43.9 Å². The van der Waals surface area contributed by atoms with E-state index in [1.54, 1.807) is 12.4 Å². The minimum atomic E-state index is -0.120. The lowest BCUT2D eigenvalue weighted by molar-refractivity contribution is -0.0347. The van der Waals surface area contributed by atoms with E-state index in [1.807, 2.05) is 19.2 Å². The minimum absolute atomic E-state index is 0.120. The Balaban J connectivity index is 1.68. The van der Waals surface area contributed by atoms with E-state index in [0.29, 0.717) is 12.4 Å². The van der Waals surface area contributed by atoms with Gasteiger partial charge in [0.05, 0.1) is 6.61 Å². The second kappa shape index (κ2) is 6.15. The van der Waals surface area contributed by atoms with Crippen LogP contribution in [0, 0.1) is 6.92 Å². The fraction of sp³-hybridized carbons (Fsp3) is 0.400. The second-order valence-electron chi connectivity index (χ2n) is 5.23. The Morgan fingerprint density at radius 2 is 2.14 bits per heavy atom. The molecule has 6 heteroatoms. The van der Waals surface area contributed by atoms with Crippen molar-refractivity contribution in [1.82, 2.24) is 19.9 Å². The molecule has 0 saturated carbocycles. The summed E-state index contributed by atoms with van der Waals surface area (Å²) in [5.41, 5.74) is 8.85. The van der Waals surface area contributed by atoms with Crippen LogP contribution in [0.3, 0.4) is 0 Å². The van der Waals surface area contributed by atoms with Crippen molar-refractivity contribution in [2.24, 2.45) is 0 Å². The van der Waals surface area contributed by atoms with Crippen molar-refractivity contribution < 1.29 is 4.74 Å². The molecule has 0 radical (unpaired) electrons. The van der Waals surface area contributed by atoms with Crippen LogP contribution in [0.4, 0.5) is 5.82 Å². The molecule has 2 aromatic rings. The molecule has 0 bridgehead atoms. The van der Waals surface area contributed by atoms with E-state index in [1.165, 1.54) is 5.56 Å². The van der Waals surface area contributed by atoms with Crippen molar-refractivity contribution >= 4 is 5.82 Å². The van der Waals surface area contributed by atoms with Crippen molar-refractivity contribution in [3.8, 4) is 0 Å². The number of aromatic nitrogens is 3. The van der Waals surface area contributed by atoms with Gasteiger partial charge in [-0.25, -0.2) is 4.98 Å². The predicted octanol–water partition coefficient (Wildman–Crippen LogP) is 1.34. The minimum Gasteiger partial charge on any atom is -0.382 e. The lowest BCUT2D eigenvalue weighted by Crippen LogP contribution is -2.38. The van der Waals surface area contributed by atoms with E-state index in [-0.39, 0.29) is 6.10 Å². The zero-order chi connectivity index (χ0) is 14.7. The highest BCUT2D eigenvalue weighted by molar-refractivity contribution is 5.35. The summed E-state index contributed by atoms with van der Waals surface area (Å²) in [7, 11) is 0. The largest absolute Gasteiger partial charge is 0.382 e. The molecule has 0 unspecified atom stereocenters. The van der Waals surface area contributed by atoms with Crippen molar-refractivity contribution in [1.29, 1.82) is 0 Å². The quantitative estimate of drug-likeness (QED) is 0.917. The highest BCUT2D eigenvalue weighted by atomic mass is 16.5. The molecule has 2 aromatic heterocycles. The van der Waals surface area contributed by atoms with Crippen molar-refractivity contribution in [2.75, 3.05) is 25.4 Å². The molecule has 21 heavy (non-hydrogen) atoms. The molecule has 0 aromatic carbocycles. The highest BCUT2D eigenvalue weighted by Gasteiger charge is 2.25. The fourth-order valence-corrected chi connectivity index (χ4v) is 2.47. The number of nitrogens with zero attached hydrogens (tertiary/aromatic N) is 4. The second-order valence-corrected chi connectivity index (χ2v) is 5.23. The standard InChI is InChI=1S/C15H19N5O/c1-11-2-3-12(8-19-11)9-20-6-7-21-13(10-20)14-15(16)18-5-4-17-14/h2-5,8,13H,6-7,9-10H2,1H3,(H2,16,18)/t13-/m0/s1. The number of nitrogens with two attached hydrogens (primary N) is 1. The first-order chi connectivity index (χ1) is 10.2. The van der Waals surface area contributed by atoms with Crippen molar-refractivity contribution in [2.45, 2.75) is 19.6 Å². The maximum absolute atomic E-state index is 5.88. The van der Waals surface area contributed by atoms with E-state index >= 15 is 0 Å². The molecular formula is C15H19N5O. The maximum atomic E-state index is 5.88. The SMILES string of the molecule is Cc1ccc(CN2CCO[C@H](c3nccnc3N)C2)cn1. The fourth-order valence-electron chi connectivity index (χ4n) is 2.47. The first kappa shape index (κ1) is 13.9.